The highest BCUT2D eigenvalue weighted by atomic mass is 16.5. The summed E-state index contributed by atoms with van der Waals surface area (Å²) < 4.78 is 5.20. The van der Waals surface area contributed by atoms with E-state index < -0.39 is 0 Å². The molecule has 0 spiro atoms. The monoisotopic (exact) mass is 249 g/mol. The highest BCUT2D eigenvalue weighted by Crippen LogP contribution is 2.20. The number of nitrogens with zero attached hydrogens (tertiary/aromatic N) is 1. The van der Waals surface area contributed by atoms with Gasteiger partial charge in [0, 0.05) is 31.9 Å². The number of ether oxygens (including phenoxy) is 1. The van der Waals surface area contributed by atoms with E-state index in [1.807, 2.05) is 13.0 Å². The second-order valence-corrected chi connectivity index (χ2v) is 5.02. The molecule has 4 nitrogen and oxygen atoms in total. The maximum Gasteiger partial charge on any atom is 0.126 e. The number of hydrogen-bond acceptors (Lipinski definition) is 4. The van der Waals surface area contributed by atoms with Gasteiger partial charge in [-0.1, -0.05) is 6.07 Å². The minimum Gasteiger partial charge on any atom is -0.380 e. The van der Waals surface area contributed by atoms with Crippen molar-refractivity contribution < 1.29 is 4.74 Å². The first-order chi connectivity index (χ1) is 8.69. The summed E-state index contributed by atoms with van der Waals surface area (Å²) in [6.07, 6.45) is 2.84. The summed E-state index contributed by atoms with van der Waals surface area (Å²) in [4.78, 5) is 4.57. The average Bonchev–Trinajstić information content (AvgIpc) is 3.18. The largest absolute Gasteiger partial charge is 0.380 e. The van der Waals surface area contributed by atoms with Crippen LogP contribution in [0.2, 0.25) is 0 Å². The number of hydrogen-bond donors (Lipinski definition) is 2. The predicted molar refractivity (Wildman–Crippen MR) is 73.8 cm³/mol. The van der Waals surface area contributed by atoms with Gasteiger partial charge in [-0.3, -0.25) is 0 Å². The molecule has 0 aromatic carbocycles. The van der Waals surface area contributed by atoms with E-state index in [9.17, 15) is 0 Å². The lowest BCUT2D eigenvalue weighted by atomic mass is 10.2. The molecule has 1 saturated carbocycles. The van der Waals surface area contributed by atoms with E-state index in [4.69, 9.17) is 4.74 Å². The van der Waals surface area contributed by atoms with E-state index in [0.717, 1.165) is 30.6 Å². The Hall–Kier alpha value is -1.13. The van der Waals surface area contributed by atoms with Crippen molar-refractivity contribution in [2.24, 2.45) is 0 Å². The zero-order valence-electron chi connectivity index (χ0n) is 11.5. The third kappa shape index (κ3) is 3.96. The maximum atomic E-state index is 5.20. The molecule has 1 aliphatic rings. The molecule has 4 heteroatoms. The van der Waals surface area contributed by atoms with Gasteiger partial charge in [0.2, 0.25) is 0 Å². The molecule has 1 unspecified atom stereocenters. The Balaban J connectivity index is 1.87. The van der Waals surface area contributed by atoms with Crippen LogP contribution in [-0.2, 0) is 11.3 Å². The summed E-state index contributed by atoms with van der Waals surface area (Å²) in [6.45, 7) is 5.81. The summed E-state index contributed by atoms with van der Waals surface area (Å²) in [7, 11) is 1.72. The van der Waals surface area contributed by atoms with Gasteiger partial charge < -0.3 is 15.4 Å². The van der Waals surface area contributed by atoms with Crippen LogP contribution in [0.4, 0.5) is 5.82 Å². The molecule has 0 radical (unpaired) electrons. The van der Waals surface area contributed by atoms with Crippen molar-refractivity contribution in [1.29, 1.82) is 0 Å². The summed E-state index contributed by atoms with van der Waals surface area (Å²) in [5.74, 6) is 0.923. The van der Waals surface area contributed by atoms with Gasteiger partial charge in [0.1, 0.15) is 5.82 Å². The molecule has 1 fully saturated rings. The minimum absolute atomic E-state index is 0.198. The van der Waals surface area contributed by atoms with Crippen LogP contribution in [0, 0.1) is 6.92 Å². The van der Waals surface area contributed by atoms with Crippen molar-refractivity contribution in [1.82, 2.24) is 10.3 Å². The Kier molecular flexibility index (Phi) is 4.55. The molecule has 2 rings (SSSR count). The van der Waals surface area contributed by atoms with Crippen molar-refractivity contribution in [2.45, 2.75) is 45.4 Å². The first kappa shape index (κ1) is 13.3. The lowest BCUT2D eigenvalue weighted by Gasteiger charge is -2.13. The van der Waals surface area contributed by atoms with E-state index in [0.29, 0.717) is 0 Å². The number of aromatic nitrogens is 1. The molecular formula is C14H23N3O. The third-order valence-corrected chi connectivity index (χ3v) is 3.33. The number of anilines is 1. The van der Waals surface area contributed by atoms with Crippen molar-refractivity contribution in [2.75, 3.05) is 19.0 Å². The SMILES string of the molecule is COC(C)CNc1ccc(CNC2CC2)c(C)n1. The van der Waals surface area contributed by atoms with Gasteiger partial charge in [0.25, 0.3) is 0 Å². The third-order valence-electron chi connectivity index (χ3n) is 3.33. The summed E-state index contributed by atoms with van der Waals surface area (Å²) in [5.41, 5.74) is 2.38. The second-order valence-electron chi connectivity index (χ2n) is 5.02. The molecule has 0 bridgehead atoms. The number of pyridine rings is 1. The van der Waals surface area contributed by atoms with Crippen molar-refractivity contribution >= 4 is 5.82 Å². The standard InChI is InChI=1S/C14H23N3O/c1-10(18-3)8-16-14-7-4-12(11(2)17-14)9-15-13-5-6-13/h4,7,10,13,15H,5-6,8-9H2,1-3H3,(H,16,17). The van der Waals surface area contributed by atoms with Crippen molar-refractivity contribution in [3.63, 3.8) is 0 Å². The molecule has 100 valence electrons. The molecule has 1 atom stereocenters. The minimum atomic E-state index is 0.198. The fourth-order valence-electron chi connectivity index (χ4n) is 1.75. The highest BCUT2D eigenvalue weighted by molar-refractivity contribution is 5.38. The predicted octanol–water partition coefficient (Wildman–Crippen LogP) is 2.09. The molecule has 1 aromatic heterocycles. The van der Waals surface area contributed by atoms with Crippen molar-refractivity contribution in [3.8, 4) is 0 Å². The molecular weight excluding hydrogens is 226 g/mol. The quantitative estimate of drug-likeness (QED) is 0.777. The van der Waals surface area contributed by atoms with Crippen LogP contribution < -0.4 is 10.6 Å². The van der Waals surface area contributed by atoms with E-state index >= 15 is 0 Å². The van der Waals surface area contributed by atoms with Gasteiger partial charge in [-0.05, 0) is 38.3 Å². The second kappa shape index (κ2) is 6.16. The van der Waals surface area contributed by atoms with Crippen LogP contribution in [0.15, 0.2) is 12.1 Å². The summed E-state index contributed by atoms with van der Waals surface area (Å²) in [6, 6.07) is 4.93. The lowest BCUT2D eigenvalue weighted by Crippen LogP contribution is -2.19. The van der Waals surface area contributed by atoms with Crippen LogP contribution in [-0.4, -0.2) is 30.8 Å². The average molecular weight is 249 g/mol. The van der Waals surface area contributed by atoms with Gasteiger partial charge in [-0.25, -0.2) is 4.98 Å². The van der Waals surface area contributed by atoms with Gasteiger partial charge in [-0.2, -0.15) is 0 Å². The van der Waals surface area contributed by atoms with Crippen LogP contribution in [0.25, 0.3) is 0 Å². The summed E-state index contributed by atoms with van der Waals surface area (Å²) in [5, 5.41) is 6.80. The Morgan fingerprint density at radius 2 is 2.22 bits per heavy atom. The van der Waals surface area contributed by atoms with E-state index in [1.165, 1.54) is 18.4 Å². The topological polar surface area (TPSA) is 46.2 Å². The Labute approximate surface area is 109 Å². The fraction of sp³-hybridized carbons (Fsp3) is 0.643. The normalized spacial score (nSPS) is 16.6. The van der Waals surface area contributed by atoms with Crippen molar-refractivity contribution in [3.05, 3.63) is 23.4 Å². The molecule has 1 heterocycles. The van der Waals surface area contributed by atoms with Crippen LogP contribution >= 0.6 is 0 Å². The maximum absolute atomic E-state index is 5.20. The summed E-state index contributed by atoms with van der Waals surface area (Å²) >= 11 is 0. The van der Waals surface area contributed by atoms with Gasteiger partial charge >= 0.3 is 0 Å². The van der Waals surface area contributed by atoms with Gasteiger partial charge in [0.15, 0.2) is 0 Å². The van der Waals surface area contributed by atoms with Gasteiger partial charge in [-0.15, -0.1) is 0 Å². The van der Waals surface area contributed by atoms with Crippen LogP contribution in [0.3, 0.4) is 0 Å². The molecule has 18 heavy (non-hydrogen) atoms. The van der Waals surface area contributed by atoms with Gasteiger partial charge in [0.05, 0.1) is 6.10 Å². The first-order valence-corrected chi connectivity index (χ1v) is 6.65. The Morgan fingerprint density at radius 3 is 2.83 bits per heavy atom. The molecule has 1 aromatic rings. The van der Waals surface area contributed by atoms with E-state index in [1.54, 1.807) is 7.11 Å². The smallest absolute Gasteiger partial charge is 0.126 e. The van der Waals surface area contributed by atoms with E-state index in [-0.39, 0.29) is 6.10 Å². The molecule has 0 saturated heterocycles. The Morgan fingerprint density at radius 1 is 1.44 bits per heavy atom. The zero-order chi connectivity index (χ0) is 13.0. The fourth-order valence-corrected chi connectivity index (χ4v) is 1.75. The Bertz CT molecular complexity index is 391. The molecule has 0 aliphatic heterocycles. The van der Waals surface area contributed by atoms with E-state index in [2.05, 4.69) is 28.6 Å². The number of methoxy groups -OCH3 is 1. The van der Waals surface area contributed by atoms with Crippen LogP contribution in [0.5, 0.6) is 0 Å². The highest BCUT2D eigenvalue weighted by Gasteiger charge is 2.20. The number of rotatable bonds is 7. The molecule has 1 aliphatic carbocycles. The number of nitrogens with one attached hydrogen (secondary N) is 2. The molecule has 2 N–H and O–H groups in total. The number of aryl methyl sites for hydroxylation is 1. The molecule has 0 amide bonds. The zero-order valence-corrected chi connectivity index (χ0v) is 11.5. The van der Waals surface area contributed by atoms with Crippen LogP contribution in [0.1, 0.15) is 31.0 Å². The lowest BCUT2D eigenvalue weighted by molar-refractivity contribution is 0.128. The first-order valence-electron chi connectivity index (χ1n) is 6.65.